The molecule has 0 atom stereocenters. The van der Waals surface area contributed by atoms with Crippen LogP contribution in [0.15, 0.2) is 18.3 Å². The first-order valence-electron chi connectivity index (χ1n) is 6.00. The Bertz CT molecular complexity index is 384. The standard InChI is InChI=1S/C11H15N3O.C2H6/c1-8-4-5-9(12-6-8)14-7-11(2,3)13-10(14)15;1-2/h4-6H,7H2,1-3H3,(H,13,15);1-2H3. The van der Waals surface area contributed by atoms with Gasteiger partial charge < -0.3 is 5.32 Å². The van der Waals surface area contributed by atoms with Gasteiger partial charge in [0.25, 0.3) is 0 Å². The van der Waals surface area contributed by atoms with Crippen LogP contribution in [-0.2, 0) is 0 Å². The average molecular weight is 235 g/mol. The number of nitrogens with one attached hydrogen (secondary N) is 1. The fourth-order valence-electron chi connectivity index (χ4n) is 1.67. The van der Waals surface area contributed by atoms with Crippen molar-refractivity contribution in [3.8, 4) is 0 Å². The summed E-state index contributed by atoms with van der Waals surface area (Å²) in [7, 11) is 0. The second-order valence-electron chi connectivity index (χ2n) is 4.59. The number of carbonyl (C=O) groups is 1. The molecule has 1 N–H and O–H groups in total. The smallest absolute Gasteiger partial charge is 0.323 e. The van der Waals surface area contributed by atoms with Gasteiger partial charge in [-0.15, -0.1) is 0 Å². The highest BCUT2D eigenvalue weighted by Crippen LogP contribution is 2.20. The van der Waals surface area contributed by atoms with Crippen molar-refractivity contribution in [1.29, 1.82) is 0 Å². The first-order chi connectivity index (χ1) is 7.98. The molecule has 2 amide bonds. The average Bonchev–Trinajstić information content (AvgIpc) is 2.56. The number of nitrogens with zero attached hydrogens (tertiary/aromatic N) is 2. The molecule has 17 heavy (non-hydrogen) atoms. The normalized spacial score (nSPS) is 17.2. The number of carbonyl (C=O) groups excluding carboxylic acids is 1. The van der Waals surface area contributed by atoms with Crippen molar-refractivity contribution < 1.29 is 4.79 Å². The molecule has 1 aromatic heterocycles. The van der Waals surface area contributed by atoms with Crippen LogP contribution in [0.2, 0.25) is 0 Å². The Labute approximate surface area is 103 Å². The van der Waals surface area contributed by atoms with Crippen LogP contribution in [0.25, 0.3) is 0 Å². The van der Waals surface area contributed by atoms with Crippen molar-refractivity contribution in [2.45, 2.75) is 40.2 Å². The van der Waals surface area contributed by atoms with Crippen molar-refractivity contribution in [2.24, 2.45) is 0 Å². The predicted molar refractivity (Wildman–Crippen MR) is 70.3 cm³/mol. The highest BCUT2D eigenvalue weighted by Gasteiger charge is 2.35. The van der Waals surface area contributed by atoms with E-state index in [4.69, 9.17) is 0 Å². The molecular formula is C13H21N3O. The van der Waals surface area contributed by atoms with E-state index in [0.29, 0.717) is 12.4 Å². The van der Waals surface area contributed by atoms with Gasteiger partial charge in [0.15, 0.2) is 0 Å². The van der Waals surface area contributed by atoms with Crippen molar-refractivity contribution in [1.82, 2.24) is 10.3 Å². The van der Waals surface area contributed by atoms with E-state index in [1.165, 1.54) is 0 Å². The van der Waals surface area contributed by atoms with E-state index in [1.807, 2.05) is 46.8 Å². The van der Waals surface area contributed by atoms with Gasteiger partial charge in [-0.3, -0.25) is 4.90 Å². The number of amides is 2. The summed E-state index contributed by atoms with van der Waals surface area (Å²) in [4.78, 5) is 17.6. The fraction of sp³-hybridized carbons (Fsp3) is 0.538. The van der Waals surface area contributed by atoms with Gasteiger partial charge in [-0.1, -0.05) is 19.9 Å². The van der Waals surface area contributed by atoms with Crippen LogP contribution in [0.5, 0.6) is 0 Å². The molecule has 0 aromatic carbocycles. The third kappa shape index (κ3) is 3.19. The molecule has 2 rings (SSSR count). The van der Waals surface area contributed by atoms with Crippen LogP contribution >= 0.6 is 0 Å². The highest BCUT2D eigenvalue weighted by atomic mass is 16.2. The first kappa shape index (κ1) is 13.5. The monoisotopic (exact) mass is 235 g/mol. The van der Waals surface area contributed by atoms with Gasteiger partial charge in [-0.2, -0.15) is 0 Å². The lowest BCUT2D eigenvalue weighted by Crippen LogP contribution is -2.36. The van der Waals surface area contributed by atoms with E-state index in [-0.39, 0.29) is 11.6 Å². The third-order valence-electron chi connectivity index (χ3n) is 2.42. The van der Waals surface area contributed by atoms with Crippen LogP contribution in [0, 0.1) is 6.92 Å². The van der Waals surface area contributed by atoms with Crippen molar-refractivity contribution >= 4 is 11.8 Å². The van der Waals surface area contributed by atoms with E-state index in [0.717, 1.165) is 5.56 Å². The van der Waals surface area contributed by atoms with Gasteiger partial charge in [0, 0.05) is 6.20 Å². The molecule has 0 saturated carbocycles. The topological polar surface area (TPSA) is 45.2 Å². The third-order valence-corrected chi connectivity index (χ3v) is 2.42. The minimum Gasteiger partial charge on any atom is -0.331 e. The van der Waals surface area contributed by atoms with Crippen LogP contribution < -0.4 is 10.2 Å². The maximum Gasteiger partial charge on any atom is 0.323 e. The molecule has 1 aliphatic heterocycles. The van der Waals surface area contributed by atoms with Gasteiger partial charge in [0.2, 0.25) is 0 Å². The number of pyridine rings is 1. The summed E-state index contributed by atoms with van der Waals surface area (Å²) in [6.07, 6.45) is 1.77. The molecule has 0 radical (unpaired) electrons. The lowest BCUT2D eigenvalue weighted by molar-refractivity contribution is 0.248. The zero-order valence-corrected chi connectivity index (χ0v) is 11.2. The molecule has 2 heterocycles. The summed E-state index contributed by atoms with van der Waals surface area (Å²) in [5.41, 5.74) is 0.918. The number of rotatable bonds is 1. The molecule has 4 nitrogen and oxygen atoms in total. The molecule has 1 aliphatic rings. The fourth-order valence-corrected chi connectivity index (χ4v) is 1.67. The highest BCUT2D eigenvalue weighted by molar-refractivity contribution is 5.94. The zero-order chi connectivity index (χ0) is 13.1. The number of hydrogen-bond acceptors (Lipinski definition) is 2. The molecule has 0 aliphatic carbocycles. The summed E-state index contributed by atoms with van der Waals surface area (Å²) in [5, 5.41) is 2.90. The molecule has 1 fully saturated rings. The van der Waals surface area contributed by atoms with Crippen LogP contribution in [0.1, 0.15) is 33.3 Å². The molecule has 94 valence electrons. The predicted octanol–water partition coefficient (Wildman–Crippen LogP) is 2.72. The van der Waals surface area contributed by atoms with E-state index in [2.05, 4.69) is 10.3 Å². The molecule has 1 aromatic rings. The van der Waals surface area contributed by atoms with Gasteiger partial charge in [0.05, 0.1) is 12.1 Å². The van der Waals surface area contributed by atoms with Crippen LogP contribution in [-0.4, -0.2) is 23.1 Å². The Morgan fingerprint density at radius 2 is 2.00 bits per heavy atom. The summed E-state index contributed by atoms with van der Waals surface area (Å²) < 4.78 is 0. The Balaban J connectivity index is 0.000000686. The molecule has 4 heteroatoms. The van der Waals surface area contributed by atoms with Crippen molar-refractivity contribution in [3.05, 3.63) is 23.9 Å². The maximum atomic E-state index is 11.7. The second-order valence-corrected chi connectivity index (χ2v) is 4.59. The Morgan fingerprint density at radius 3 is 2.41 bits per heavy atom. The quantitative estimate of drug-likeness (QED) is 0.813. The van der Waals surface area contributed by atoms with E-state index in [1.54, 1.807) is 11.1 Å². The van der Waals surface area contributed by atoms with Gasteiger partial charge in [0.1, 0.15) is 5.82 Å². The van der Waals surface area contributed by atoms with Crippen LogP contribution in [0.4, 0.5) is 10.6 Å². The maximum absolute atomic E-state index is 11.7. The minimum atomic E-state index is -0.177. The molecule has 0 spiro atoms. The Kier molecular flexibility index (Phi) is 4.10. The summed E-state index contributed by atoms with van der Waals surface area (Å²) >= 11 is 0. The molecule has 0 unspecified atom stereocenters. The van der Waals surface area contributed by atoms with Gasteiger partial charge >= 0.3 is 6.03 Å². The SMILES string of the molecule is CC.Cc1ccc(N2CC(C)(C)NC2=O)nc1. The number of aryl methyl sites for hydroxylation is 1. The largest absolute Gasteiger partial charge is 0.331 e. The Hall–Kier alpha value is -1.58. The number of anilines is 1. The number of aromatic nitrogens is 1. The number of hydrogen-bond donors (Lipinski definition) is 1. The molecular weight excluding hydrogens is 214 g/mol. The first-order valence-corrected chi connectivity index (χ1v) is 6.00. The Morgan fingerprint density at radius 1 is 1.35 bits per heavy atom. The molecule has 1 saturated heterocycles. The van der Waals surface area contributed by atoms with E-state index >= 15 is 0 Å². The van der Waals surface area contributed by atoms with Crippen LogP contribution in [0.3, 0.4) is 0 Å². The number of urea groups is 1. The van der Waals surface area contributed by atoms with E-state index in [9.17, 15) is 4.79 Å². The lowest BCUT2D eigenvalue weighted by atomic mass is 10.1. The van der Waals surface area contributed by atoms with Gasteiger partial charge in [-0.05, 0) is 32.4 Å². The zero-order valence-electron chi connectivity index (χ0n) is 11.2. The summed E-state index contributed by atoms with van der Waals surface area (Å²) in [6.45, 7) is 10.6. The molecule has 0 bridgehead atoms. The lowest BCUT2D eigenvalue weighted by Gasteiger charge is -2.17. The van der Waals surface area contributed by atoms with Crippen molar-refractivity contribution in [3.63, 3.8) is 0 Å². The summed E-state index contributed by atoms with van der Waals surface area (Å²) in [5.74, 6) is 0.712. The summed E-state index contributed by atoms with van der Waals surface area (Å²) in [6, 6.07) is 3.76. The van der Waals surface area contributed by atoms with E-state index < -0.39 is 0 Å². The minimum absolute atomic E-state index is 0.0728. The second kappa shape index (κ2) is 5.17. The van der Waals surface area contributed by atoms with Gasteiger partial charge in [-0.25, -0.2) is 9.78 Å². The van der Waals surface area contributed by atoms with Crippen molar-refractivity contribution in [2.75, 3.05) is 11.4 Å².